The average molecular weight is 485 g/mol. The van der Waals surface area contributed by atoms with Crippen LogP contribution in [-0.2, 0) is 9.84 Å². The lowest BCUT2D eigenvalue weighted by atomic mass is 9.78. The predicted octanol–water partition coefficient (Wildman–Crippen LogP) is 3.20. The van der Waals surface area contributed by atoms with Gasteiger partial charge < -0.3 is 10.6 Å². The monoisotopic (exact) mass is 485 g/mol. The van der Waals surface area contributed by atoms with Crippen molar-refractivity contribution in [3.63, 3.8) is 0 Å². The first-order valence-corrected chi connectivity index (χ1v) is 11.4. The maximum Gasteiger partial charge on any atom is 0.191 e. The van der Waals surface area contributed by atoms with Crippen LogP contribution in [0.25, 0.3) is 0 Å². The number of sulfone groups is 1. The summed E-state index contributed by atoms with van der Waals surface area (Å²) in [6.07, 6.45) is 9.82. The molecule has 2 fully saturated rings. The van der Waals surface area contributed by atoms with Crippen molar-refractivity contribution in [2.75, 3.05) is 32.1 Å². The largest absolute Gasteiger partial charge is 0.356 e. The van der Waals surface area contributed by atoms with Crippen LogP contribution >= 0.6 is 24.0 Å². The molecule has 148 valence electrons. The molecule has 0 radical (unpaired) electrons. The van der Waals surface area contributed by atoms with Gasteiger partial charge in [0.1, 0.15) is 9.84 Å². The molecule has 0 atom stereocenters. The summed E-state index contributed by atoms with van der Waals surface area (Å²) in [5, 5.41) is 6.87. The van der Waals surface area contributed by atoms with Crippen LogP contribution in [0, 0.1) is 16.7 Å². The topological polar surface area (TPSA) is 70.6 Å². The van der Waals surface area contributed by atoms with Crippen molar-refractivity contribution in [1.29, 1.82) is 0 Å². The van der Waals surface area contributed by atoms with Crippen molar-refractivity contribution >= 4 is 39.8 Å². The number of hydrogen-bond donors (Lipinski definition) is 2. The lowest BCUT2D eigenvalue weighted by Crippen LogP contribution is -2.45. The summed E-state index contributed by atoms with van der Waals surface area (Å²) in [7, 11) is -1.14. The zero-order chi connectivity index (χ0) is 17.8. The van der Waals surface area contributed by atoms with Gasteiger partial charge in [-0.3, -0.25) is 4.99 Å². The molecule has 0 saturated heterocycles. The van der Waals surface area contributed by atoms with E-state index in [2.05, 4.69) is 29.5 Å². The van der Waals surface area contributed by atoms with Crippen LogP contribution in [0.1, 0.15) is 58.8 Å². The summed E-state index contributed by atoms with van der Waals surface area (Å²) in [5.74, 6) is 1.80. The molecule has 0 aromatic heterocycles. The molecular weight excluding hydrogens is 449 g/mol. The second-order valence-electron chi connectivity index (χ2n) is 8.65. The lowest BCUT2D eigenvalue weighted by molar-refractivity contribution is 0.234. The zero-order valence-corrected chi connectivity index (χ0v) is 19.4. The molecule has 0 aliphatic heterocycles. The van der Waals surface area contributed by atoms with E-state index in [1.54, 1.807) is 7.05 Å². The first kappa shape index (κ1) is 23.0. The molecule has 0 bridgehead atoms. The highest BCUT2D eigenvalue weighted by molar-refractivity contribution is 14.0. The van der Waals surface area contributed by atoms with Gasteiger partial charge in [-0.2, -0.15) is 0 Å². The van der Waals surface area contributed by atoms with E-state index in [9.17, 15) is 8.42 Å². The van der Waals surface area contributed by atoms with Gasteiger partial charge in [0.2, 0.25) is 0 Å². The fourth-order valence-electron chi connectivity index (χ4n) is 4.31. The van der Waals surface area contributed by atoms with Gasteiger partial charge in [0, 0.05) is 31.8 Å². The Morgan fingerprint density at radius 2 is 1.56 bits per heavy atom. The van der Waals surface area contributed by atoms with E-state index in [1.165, 1.54) is 38.4 Å². The predicted molar refractivity (Wildman–Crippen MR) is 117 cm³/mol. The van der Waals surface area contributed by atoms with Gasteiger partial charge in [-0.15, -0.1) is 24.0 Å². The molecule has 5 nitrogen and oxygen atoms in total. The number of nitrogens with zero attached hydrogens (tertiary/aromatic N) is 1. The molecule has 0 unspecified atom stereocenters. The van der Waals surface area contributed by atoms with E-state index >= 15 is 0 Å². The number of halogens is 1. The van der Waals surface area contributed by atoms with E-state index in [1.807, 2.05) is 0 Å². The molecule has 2 aliphatic rings. The third kappa shape index (κ3) is 7.61. The molecular formula is C18H36IN3O2S. The normalized spacial score (nSPS) is 21.7. The number of aliphatic imine (C=N–C) groups is 1. The third-order valence-electron chi connectivity index (χ3n) is 5.52. The van der Waals surface area contributed by atoms with Gasteiger partial charge in [0.15, 0.2) is 5.96 Å². The molecule has 2 N–H and O–H groups in total. The maximum atomic E-state index is 11.6. The smallest absolute Gasteiger partial charge is 0.191 e. The van der Waals surface area contributed by atoms with Crippen molar-refractivity contribution in [2.24, 2.45) is 21.7 Å². The first-order chi connectivity index (χ1) is 11.2. The second-order valence-corrected chi connectivity index (χ2v) is 10.8. The van der Waals surface area contributed by atoms with Crippen LogP contribution < -0.4 is 10.6 Å². The minimum atomic E-state index is -2.92. The first-order valence-electron chi connectivity index (χ1n) is 9.30. The zero-order valence-electron chi connectivity index (χ0n) is 16.2. The van der Waals surface area contributed by atoms with Crippen molar-refractivity contribution in [1.82, 2.24) is 10.6 Å². The Bertz CT molecular complexity index is 551. The summed E-state index contributed by atoms with van der Waals surface area (Å²) in [6.45, 7) is 6.26. The Labute approximate surface area is 171 Å². The van der Waals surface area contributed by atoms with Crippen molar-refractivity contribution in [3.05, 3.63) is 0 Å². The Kier molecular flexibility index (Phi) is 8.50. The highest BCUT2D eigenvalue weighted by Crippen LogP contribution is 2.46. The molecule has 0 aromatic carbocycles. The van der Waals surface area contributed by atoms with Gasteiger partial charge >= 0.3 is 0 Å². The standard InChI is InChI=1S/C18H35N3O2S.HI/c1-15(2)11-17(7-5-6-8-17)12-20-16(19-3)21-13-18(9-10-18)14-24(4,22)23;/h15H,5-14H2,1-4H3,(H2,19,20,21);1H. The molecule has 0 amide bonds. The van der Waals surface area contributed by atoms with Crippen LogP contribution in [0.5, 0.6) is 0 Å². The molecule has 0 aromatic rings. The average Bonchev–Trinajstić information content (AvgIpc) is 3.05. The van der Waals surface area contributed by atoms with Crippen LogP contribution in [0.15, 0.2) is 4.99 Å². The van der Waals surface area contributed by atoms with E-state index in [0.717, 1.165) is 25.3 Å². The highest BCUT2D eigenvalue weighted by Gasteiger charge is 2.45. The number of hydrogen-bond acceptors (Lipinski definition) is 3. The summed E-state index contributed by atoms with van der Waals surface area (Å²) < 4.78 is 23.1. The molecule has 2 aliphatic carbocycles. The fraction of sp³-hybridized carbons (Fsp3) is 0.944. The second kappa shape index (κ2) is 9.24. The Morgan fingerprint density at radius 1 is 1.04 bits per heavy atom. The SMILES string of the molecule is CN=C(NCC1(CC(C)C)CCCC1)NCC1(CS(C)(=O)=O)CC1.I. The summed E-state index contributed by atoms with van der Waals surface area (Å²) in [5.41, 5.74) is 0.323. The van der Waals surface area contributed by atoms with Crippen LogP contribution in [-0.4, -0.2) is 46.5 Å². The van der Waals surface area contributed by atoms with Crippen LogP contribution in [0.3, 0.4) is 0 Å². The summed E-state index contributed by atoms with van der Waals surface area (Å²) >= 11 is 0. The quantitative estimate of drug-likeness (QED) is 0.315. The van der Waals surface area contributed by atoms with Crippen molar-refractivity contribution in [3.8, 4) is 0 Å². The van der Waals surface area contributed by atoms with Crippen LogP contribution in [0.2, 0.25) is 0 Å². The number of rotatable bonds is 8. The molecule has 7 heteroatoms. The Morgan fingerprint density at radius 3 is 1.96 bits per heavy atom. The maximum absolute atomic E-state index is 11.6. The Hall–Kier alpha value is -0.0500. The van der Waals surface area contributed by atoms with Gasteiger partial charge in [0.05, 0.1) is 5.75 Å². The van der Waals surface area contributed by atoms with Gasteiger partial charge in [0.25, 0.3) is 0 Å². The van der Waals surface area contributed by atoms with Gasteiger partial charge in [-0.05, 0) is 43.4 Å². The molecule has 2 saturated carbocycles. The highest BCUT2D eigenvalue weighted by atomic mass is 127. The van der Waals surface area contributed by atoms with Gasteiger partial charge in [-0.25, -0.2) is 8.42 Å². The number of nitrogens with one attached hydrogen (secondary N) is 2. The molecule has 0 spiro atoms. The van der Waals surface area contributed by atoms with Crippen LogP contribution in [0.4, 0.5) is 0 Å². The summed E-state index contributed by atoms with van der Waals surface area (Å²) in [4.78, 5) is 4.33. The minimum Gasteiger partial charge on any atom is -0.356 e. The van der Waals surface area contributed by atoms with E-state index in [-0.39, 0.29) is 35.1 Å². The molecule has 0 heterocycles. The van der Waals surface area contributed by atoms with Crippen molar-refractivity contribution < 1.29 is 8.42 Å². The fourth-order valence-corrected chi connectivity index (χ4v) is 5.82. The van der Waals surface area contributed by atoms with Gasteiger partial charge in [-0.1, -0.05) is 26.7 Å². The molecule has 25 heavy (non-hydrogen) atoms. The molecule has 2 rings (SSSR count). The van der Waals surface area contributed by atoms with E-state index < -0.39 is 9.84 Å². The Balaban J connectivity index is 0.00000312. The summed E-state index contributed by atoms with van der Waals surface area (Å²) in [6, 6.07) is 0. The minimum absolute atomic E-state index is 0. The van der Waals surface area contributed by atoms with E-state index in [4.69, 9.17) is 0 Å². The number of guanidine groups is 1. The van der Waals surface area contributed by atoms with Crippen molar-refractivity contribution in [2.45, 2.75) is 58.8 Å². The third-order valence-corrected chi connectivity index (χ3v) is 6.65. The van der Waals surface area contributed by atoms with E-state index in [0.29, 0.717) is 17.9 Å². The lowest BCUT2D eigenvalue weighted by Gasteiger charge is -2.32.